The van der Waals surface area contributed by atoms with E-state index in [2.05, 4.69) is 33.5 Å². The largest absolute Gasteiger partial charge is 0.573 e. The van der Waals surface area contributed by atoms with Crippen LogP contribution in [0.4, 0.5) is 19.0 Å². The molecule has 3 aromatic rings. The van der Waals surface area contributed by atoms with Crippen LogP contribution in [0.3, 0.4) is 0 Å². The van der Waals surface area contributed by atoms with Crippen molar-refractivity contribution in [1.29, 1.82) is 0 Å². The van der Waals surface area contributed by atoms with E-state index >= 15 is 0 Å². The lowest BCUT2D eigenvalue weighted by Gasteiger charge is -2.34. The number of benzene rings is 1. The van der Waals surface area contributed by atoms with Crippen LogP contribution in [0.5, 0.6) is 5.75 Å². The van der Waals surface area contributed by atoms with Crippen LogP contribution in [0.1, 0.15) is 28.8 Å². The molecule has 6 nitrogen and oxygen atoms in total. The summed E-state index contributed by atoms with van der Waals surface area (Å²) in [5.74, 6) is 0.351. The Balaban J connectivity index is 1.41. The number of aryl methyl sites for hydroxylation is 2. The zero-order valence-electron chi connectivity index (χ0n) is 18.6. The summed E-state index contributed by atoms with van der Waals surface area (Å²) in [5.41, 5.74) is 1.50. The first-order chi connectivity index (χ1) is 15.6. The summed E-state index contributed by atoms with van der Waals surface area (Å²) in [5, 5.41) is 1.07. The van der Waals surface area contributed by atoms with Crippen molar-refractivity contribution in [3.8, 4) is 5.75 Å². The number of ether oxygens (including phenoxy) is 1. The van der Waals surface area contributed by atoms with Gasteiger partial charge in [-0.3, -0.25) is 4.79 Å². The van der Waals surface area contributed by atoms with Gasteiger partial charge in [0.1, 0.15) is 22.7 Å². The zero-order valence-corrected chi connectivity index (χ0v) is 19.5. The number of nitrogens with zero attached hydrogens (tertiary/aromatic N) is 4. The van der Waals surface area contributed by atoms with Gasteiger partial charge in [0.25, 0.3) is 0 Å². The maximum absolute atomic E-state index is 13.0. The number of carbonyl (C=O) groups excluding carboxylic acids is 1. The van der Waals surface area contributed by atoms with E-state index in [0.717, 1.165) is 16.0 Å². The van der Waals surface area contributed by atoms with Gasteiger partial charge in [-0.2, -0.15) is 0 Å². The molecular formula is C23H25F3N4O2S. The number of carbonyl (C=O) groups is 1. The van der Waals surface area contributed by atoms with Crippen molar-refractivity contribution in [1.82, 2.24) is 14.9 Å². The van der Waals surface area contributed by atoms with Gasteiger partial charge in [-0.15, -0.1) is 24.5 Å². The van der Waals surface area contributed by atoms with E-state index in [1.54, 1.807) is 36.8 Å². The normalized spacial score (nSPS) is 15.2. The van der Waals surface area contributed by atoms with Gasteiger partial charge < -0.3 is 14.5 Å². The average molecular weight is 479 g/mol. The van der Waals surface area contributed by atoms with E-state index in [1.165, 1.54) is 27.5 Å². The molecule has 0 spiro atoms. The predicted octanol–water partition coefficient (Wildman–Crippen LogP) is 5.08. The SMILES string of the molecule is Cc1sc2ncnc(N3CCC(C(=O)N(C)Cc4ccccc4OC(F)(F)F)CC3)c2c1C. The van der Waals surface area contributed by atoms with E-state index in [4.69, 9.17) is 0 Å². The second kappa shape index (κ2) is 9.17. The number of rotatable bonds is 5. The number of anilines is 1. The topological polar surface area (TPSA) is 58.6 Å². The van der Waals surface area contributed by atoms with E-state index in [9.17, 15) is 18.0 Å². The standard InChI is InChI=1S/C23H25F3N4O2S/c1-14-15(2)33-21-19(14)20(27-13-28-21)30-10-8-16(9-11-30)22(31)29(3)12-17-6-4-5-7-18(17)32-23(24,25)26/h4-7,13,16H,8-12H2,1-3H3. The molecule has 1 aliphatic heterocycles. The third kappa shape index (κ3) is 5.05. The molecule has 0 bridgehead atoms. The van der Waals surface area contributed by atoms with Crippen LogP contribution in [0, 0.1) is 19.8 Å². The Morgan fingerprint density at radius 2 is 1.91 bits per heavy atom. The molecule has 1 aromatic carbocycles. The first-order valence-corrected chi connectivity index (χ1v) is 11.5. The molecule has 33 heavy (non-hydrogen) atoms. The summed E-state index contributed by atoms with van der Waals surface area (Å²) in [6.45, 7) is 5.55. The summed E-state index contributed by atoms with van der Waals surface area (Å²) >= 11 is 1.65. The number of para-hydroxylation sites is 1. The van der Waals surface area contributed by atoms with Crippen LogP contribution < -0.4 is 9.64 Å². The number of hydrogen-bond donors (Lipinski definition) is 0. The molecule has 0 atom stereocenters. The molecular weight excluding hydrogens is 453 g/mol. The Morgan fingerprint density at radius 3 is 2.61 bits per heavy atom. The lowest BCUT2D eigenvalue weighted by atomic mass is 9.95. The third-order valence-electron chi connectivity index (χ3n) is 6.07. The number of alkyl halides is 3. The Bertz CT molecular complexity index is 1160. The van der Waals surface area contributed by atoms with Gasteiger partial charge in [0.15, 0.2) is 0 Å². The van der Waals surface area contributed by atoms with Crippen LogP contribution in [0.2, 0.25) is 0 Å². The first-order valence-electron chi connectivity index (χ1n) is 10.7. The highest BCUT2D eigenvalue weighted by atomic mass is 32.1. The number of aromatic nitrogens is 2. The molecule has 3 heterocycles. The molecule has 10 heteroatoms. The number of fused-ring (bicyclic) bond motifs is 1. The highest BCUT2D eigenvalue weighted by Crippen LogP contribution is 2.36. The summed E-state index contributed by atoms with van der Waals surface area (Å²) in [6, 6.07) is 5.91. The van der Waals surface area contributed by atoms with Crippen molar-refractivity contribution in [2.75, 3.05) is 25.0 Å². The molecule has 1 aliphatic rings. The third-order valence-corrected chi connectivity index (χ3v) is 7.19. The van der Waals surface area contributed by atoms with Gasteiger partial charge in [-0.1, -0.05) is 18.2 Å². The number of halogens is 3. The van der Waals surface area contributed by atoms with Crippen molar-refractivity contribution in [2.45, 2.75) is 39.6 Å². The minimum Gasteiger partial charge on any atom is -0.405 e. The summed E-state index contributed by atoms with van der Waals surface area (Å²) in [6.07, 6.45) is -1.90. The lowest BCUT2D eigenvalue weighted by Crippen LogP contribution is -2.41. The minimum absolute atomic E-state index is 0.0468. The molecule has 1 fully saturated rings. The maximum atomic E-state index is 13.0. The Morgan fingerprint density at radius 1 is 1.21 bits per heavy atom. The number of thiophene rings is 1. The molecule has 0 N–H and O–H groups in total. The first kappa shape index (κ1) is 23.3. The highest BCUT2D eigenvalue weighted by molar-refractivity contribution is 7.18. The zero-order chi connectivity index (χ0) is 23.8. The van der Waals surface area contributed by atoms with Crippen molar-refractivity contribution < 1.29 is 22.7 Å². The smallest absolute Gasteiger partial charge is 0.405 e. The molecule has 1 amide bonds. The van der Waals surface area contributed by atoms with Gasteiger partial charge in [0.05, 0.1) is 5.39 Å². The average Bonchev–Trinajstić information content (AvgIpc) is 3.07. The maximum Gasteiger partial charge on any atom is 0.573 e. The quantitative estimate of drug-likeness (QED) is 0.512. The second-order valence-corrected chi connectivity index (χ2v) is 9.48. The van der Waals surface area contributed by atoms with E-state index < -0.39 is 6.36 Å². The fraction of sp³-hybridized carbons (Fsp3) is 0.435. The van der Waals surface area contributed by atoms with Gasteiger partial charge in [-0.25, -0.2) is 9.97 Å². The van der Waals surface area contributed by atoms with Crippen LogP contribution in [-0.2, 0) is 11.3 Å². The van der Waals surface area contributed by atoms with E-state index in [-0.39, 0.29) is 24.1 Å². The summed E-state index contributed by atoms with van der Waals surface area (Å²) in [4.78, 5) is 27.8. The van der Waals surface area contributed by atoms with Crippen molar-refractivity contribution >= 4 is 33.3 Å². The van der Waals surface area contributed by atoms with E-state index in [0.29, 0.717) is 31.5 Å². The predicted molar refractivity (Wildman–Crippen MR) is 121 cm³/mol. The summed E-state index contributed by atoms with van der Waals surface area (Å²) in [7, 11) is 1.62. The van der Waals surface area contributed by atoms with Crippen LogP contribution >= 0.6 is 11.3 Å². The molecule has 1 saturated heterocycles. The second-order valence-electron chi connectivity index (χ2n) is 8.27. The molecule has 0 unspecified atom stereocenters. The van der Waals surface area contributed by atoms with Gasteiger partial charge in [0, 0.05) is 43.0 Å². The minimum atomic E-state index is -4.78. The van der Waals surface area contributed by atoms with E-state index in [1.807, 2.05) is 0 Å². The Hall–Kier alpha value is -2.88. The van der Waals surface area contributed by atoms with Crippen molar-refractivity contribution in [3.63, 3.8) is 0 Å². The van der Waals surface area contributed by atoms with Crippen molar-refractivity contribution in [3.05, 3.63) is 46.6 Å². The Labute approximate surface area is 194 Å². The van der Waals surface area contributed by atoms with Crippen LogP contribution in [0.25, 0.3) is 10.2 Å². The van der Waals surface area contributed by atoms with Crippen LogP contribution in [-0.4, -0.2) is 47.3 Å². The number of piperidine rings is 1. The molecule has 176 valence electrons. The van der Waals surface area contributed by atoms with Gasteiger partial charge in [0.2, 0.25) is 5.91 Å². The lowest BCUT2D eigenvalue weighted by molar-refractivity contribution is -0.275. The molecule has 2 aromatic heterocycles. The number of hydrogen-bond acceptors (Lipinski definition) is 6. The monoisotopic (exact) mass is 478 g/mol. The fourth-order valence-corrected chi connectivity index (χ4v) is 5.24. The highest BCUT2D eigenvalue weighted by Gasteiger charge is 2.33. The molecule has 0 aliphatic carbocycles. The fourth-order valence-electron chi connectivity index (χ4n) is 4.25. The molecule has 4 rings (SSSR count). The van der Waals surface area contributed by atoms with Gasteiger partial charge in [-0.05, 0) is 38.3 Å². The number of amides is 1. The Kier molecular flexibility index (Phi) is 6.47. The van der Waals surface area contributed by atoms with Crippen LogP contribution in [0.15, 0.2) is 30.6 Å². The molecule has 0 radical (unpaired) electrons. The summed E-state index contributed by atoms with van der Waals surface area (Å²) < 4.78 is 42.2. The molecule has 0 saturated carbocycles. The van der Waals surface area contributed by atoms with Crippen molar-refractivity contribution in [2.24, 2.45) is 5.92 Å². The van der Waals surface area contributed by atoms with Gasteiger partial charge >= 0.3 is 6.36 Å².